The van der Waals surface area contributed by atoms with Crippen molar-refractivity contribution < 1.29 is 4.79 Å². The molecule has 2 aromatic heterocycles. The molecule has 1 nitrogen and oxygen atoms in total. The first-order valence-electron chi connectivity index (χ1n) is 5.76. The summed E-state index contributed by atoms with van der Waals surface area (Å²) in [5, 5.41) is 0. The van der Waals surface area contributed by atoms with E-state index < -0.39 is 0 Å². The van der Waals surface area contributed by atoms with Crippen molar-refractivity contribution in [3.8, 4) is 0 Å². The van der Waals surface area contributed by atoms with Gasteiger partial charge in [0, 0.05) is 4.88 Å². The molecule has 3 rings (SSSR count). The summed E-state index contributed by atoms with van der Waals surface area (Å²) in [4.78, 5) is 14.5. The number of carbonyl (C=O) groups is 1. The number of halogens is 2. The van der Waals surface area contributed by atoms with E-state index in [1.165, 1.54) is 34.6 Å². The van der Waals surface area contributed by atoms with Crippen molar-refractivity contribution in [1.29, 1.82) is 0 Å². The average Bonchev–Trinajstić information content (AvgIpc) is 2.91. The summed E-state index contributed by atoms with van der Waals surface area (Å²) in [6.07, 6.45) is 4.65. The summed E-state index contributed by atoms with van der Waals surface area (Å²) in [6.45, 7) is 0. The second kappa shape index (κ2) is 4.97. The fourth-order valence-corrected chi connectivity index (χ4v) is 4.90. The lowest BCUT2D eigenvalue weighted by Gasteiger charge is -2.08. The molecule has 0 fully saturated rings. The monoisotopic (exact) mass is 316 g/mol. The van der Waals surface area contributed by atoms with Crippen LogP contribution in [0.25, 0.3) is 0 Å². The van der Waals surface area contributed by atoms with Crippen LogP contribution in [0.1, 0.15) is 38.5 Å². The molecule has 0 amide bonds. The minimum atomic E-state index is 0.00236. The zero-order valence-corrected chi connectivity index (χ0v) is 12.6. The van der Waals surface area contributed by atoms with Crippen LogP contribution in [-0.2, 0) is 12.8 Å². The lowest BCUT2D eigenvalue weighted by Crippen LogP contribution is -1.97. The van der Waals surface area contributed by atoms with Gasteiger partial charge in [0.2, 0.25) is 5.78 Å². The van der Waals surface area contributed by atoms with Crippen molar-refractivity contribution >= 4 is 51.7 Å². The van der Waals surface area contributed by atoms with E-state index in [0.717, 1.165) is 17.7 Å². The summed E-state index contributed by atoms with van der Waals surface area (Å²) < 4.78 is 1.04. The molecule has 0 atom stereocenters. The van der Waals surface area contributed by atoms with E-state index in [1.54, 1.807) is 17.4 Å². The van der Waals surface area contributed by atoms with Gasteiger partial charge in [-0.2, -0.15) is 0 Å². The zero-order valence-electron chi connectivity index (χ0n) is 9.46. The number of aryl methyl sites for hydroxylation is 2. The van der Waals surface area contributed by atoms with Gasteiger partial charge in [0.15, 0.2) is 0 Å². The minimum absolute atomic E-state index is 0.00236. The van der Waals surface area contributed by atoms with Crippen molar-refractivity contribution in [3.05, 3.63) is 41.7 Å². The Kier molecular flexibility index (Phi) is 3.50. The Morgan fingerprint density at radius 3 is 2.56 bits per heavy atom. The summed E-state index contributed by atoms with van der Waals surface area (Å²) in [5.41, 5.74) is 1.87. The van der Waals surface area contributed by atoms with Gasteiger partial charge in [-0.3, -0.25) is 4.79 Å². The van der Waals surface area contributed by atoms with E-state index in [0.29, 0.717) is 14.2 Å². The van der Waals surface area contributed by atoms with Crippen LogP contribution in [0.3, 0.4) is 0 Å². The molecule has 0 spiro atoms. The highest BCUT2D eigenvalue weighted by molar-refractivity contribution is 7.20. The number of hydrogen-bond donors (Lipinski definition) is 0. The molecule has 0 radical (unpaired) electrons. The smallest absolute Gasteiger partial charge is 0.205 e. The highest BCUT2D eigenvalue weighted by atomic mass is 35.5. The van der Waals surface area contributed by atoms with E-state index in [-0.39, 0.29) is 5.78 Å². The molecule has 0 aromatic carbocycles. The molecule has 1 aliphatic carbocycles. The van der Waals surface area contributed by atoms with E-state index in [2.05, 4.69) is 0 Å². The van der Waals surface area contributed by atoms with Crippen molar-refractivity contribution in [1.82, 2.24) is 0 Å². The van der Waals surface area contributed by atoms with E-state index in [9.17, 15) is 4.79 Å². The van der Waals surface area contributed by atoms with Crippen molar-refractivity contribution in [3.63, 3.8) is 0 Å². The third-order valence-corrected chi connectivity index (χ3v) is 5.85. The zero-order chi connectivity index (χ0) is 12.7. The number of rotatable bonds is 2. The predicted octanol–water partition coefficient (Wildman–Crippen LogP) is 5.23. The van der Waals surface area contributed by atoms with Crippen molar-refractivity contribution in [2.75, 3.05) is 0 Å². The third kappa shape index (κ3) is 2.25. The number of fused-ring (bicyclic) bond motifs is 1. The summed E-state index contributed by atoms with van der Waals surface area (Å²) in [5.74, 6) is 0.00236. The van der Waals surface area contributed by atoms with Crippen LogP contribution in [0.15, 0.2) is 12.1 Å². The highest BCUT2D eigenvalue weighted by Crippen LogP contribution is 2.36. The molecule has 0 aliphatic heterocycles. The van der Waals surface area contributed by atoms with Gasteiger partial charge in [0.1, 0.15) is 4.34 Å². The number of thiophene rings is 2. The van der Waals surface area contributed by atoms with Gasteiger partial charge in [0.05, 0.1) is 14.8 Å². The summed E-state index contributed by atoms with van der Waals surface area (Å²) >= 11 is 14.8. The maximum Gasteiger partial charge on any atom is 0.205 e. The number of ketones is 1. The molecule has 18 heavy (non-hydrogen) atoms. The maximum absolute atomic E-state index is 12.4. The van der Waals surface area contributed by atoms with Crippen molar-refractivity contribution in [2.45, 2.75) is 25.7 Å². The number of carbonyl (C=O) groups excluding carboxylic acids is 1. The quantitative estimate of drug-likeness (QED) is 0.694. The Morgan fingerprint density at radius 2 is 1.89 bits per heavy atom. The van der Waals surface area contributed by atoms with Gasteiger partial charge in [-0.1, -0.05) is 23.2 Å². The van der Waals surface area contributed by atoms with Crippen LogP contribution >= 0.6 is 45.9 Å². The maximum atomic E-state index is 12.4. The molecule has 94 valence electrons. The second-order valence-corrected chi connectivity index (χ2v) is 7.76. The molecule has 0 N–H and O–H groups in total. The van der Waals surface area contributed by atoms with E-state index in [1.807, 2.05) is 6.07 Å². The van der Waals surface area contributed by atoms with Crippen LogP contribution in [-0.4, -0.2) is 5.78 Å². The largest absolute Gasteiger partial charge is 0.288 e. The normalized spacial score (nSPS) is 14.6. The SMILES string of the molecule is O=C(c1cc2c(s1)CCCC2)c1cc(Cl)sc1Cl. The third-order valence-electron chi connectivity index (χ3n) is 3.12. The molecule has 0 unspecified atom stereocenters. The predicted molar refractivity (Wildman–Crippen MR) is 78.7 cm³/mol. The van der Waals surface area contributed by atoms with Gasteiger partial charge in [-0.25, -0.2) is 0 Å². The Balaban J connectivity index is 1.97. The standard InChI is InChI=1S/C13H10Cl2OS2/c14-11-6-8(13(15)18-11)12(16)10-5-7-3-1-2-4-9(7)17-10/h5-6H,1-4H2. The van der Waals surface area contributed by atoms with Crippen LogP contribution in [0, 0.1) is 0 Å². The lowest BCUT2D eigenvalue weighted by atomic mass is 9.99. The minimum Gasteiger partial charge on any atom is -0.288 e. The van der Waals surface area contributed by atoms with Gasteiger partial charge in [-0.05, 0) is 43.4 Å². The van der Waals surface area contributed by atoms with Gasteiger partial charge in [0.25, 0.3) is 0 Å². The molecule has 2 aromatic rings. The molecule has 0 saturated heterocycles. The van der Waals surface area contributed by atoms with Gasteiger partial charge < -0.3 is 0 Å². The van der Waals surface area contributed by atoms with Crippen LogP contribution < -0.4 is 0 Å². The Bertz CT molecular complexity index is 589. The lowest BCUT2D eigenvalue weighted by molar-refractivity contribution is 0.104. The van der Waals surface area contributed by atoms with Crippen LogP contribution in [0.5, 0.6) is 0 Å². The molecule has 0 bridgehead atoms. The first kappa shape index (κ1) is 12.7. The first-order valence-corrected chi connectivity index (χ1v) is 8.15. The molecular weight excluding hydrogens is 307 g/mol. The van der Waals surface area contributed by atoms with Crippen LogP contribution in [0.2, 0.25) is 8.67 Å². The molecule has 0 saturated carbocycles. The molecule has 5 heteroatoms. The topological polar surface area (TPSA) is 17.1 Å². The molecule has 1 aliphatic rings. The Hall–Kier alpha value is -0.350. The van der Waals surface area contributed by atoms with E-state index >= 15 is 0 Å². The fraction of sp³-hybridized carbons (Fsp3) is 0.308. The Morgan fingerprint density at radius 1 is 1.11 bits per heavy atom. The Labute approximate surface area is 123 Å². The van der Waals surface area contributed by atoms with Gasteiger partial charge >= 0.3 is 0 Å². The van der Waals surface area contributed by atoms with Crippen LogP contribution in [0.4, 0.5) is 0 Å². The first-order chi connectivity index (χ1) is 8.65. The van der Waals surface area contributed by atoms with Crippen molar-refractivity contribution in [2.24, 2.45) is 0 Å². The summed E-state index contributed by atoms with van der Waals surface area (Å²) in [6, 6.07) is 3.69. The second-order valence-electron chi connectivity index (χ2n) is 4.33. The highest BCUT2D eigenvalue weighted by Gasteiger charge is 2.21. The van der Waals surface area contributed by atoms with E-state index in [4.69, 9.17) is 23.2 Å². The summed E-state index contributed by atoms with van der Waals surface area (Å²) in [7, 11) is 0. The average molecular weight is 317 g/mol. The number of hydrogen-bond acceptors (Lipinski definition) is 3. The molecular formula is C13H10Cl2OS2. The van der Waals surface area contributed by atoms with Gasteiger partial charge in [-0.15, -0.1) is 22.7 Å². The molecule has 2 heterocycles. The fourth-order valence-electron chi connectivity index (χ4n) is 2.23.